The summed E-state index contributed by atoms with van der Waals surface area (Å²) in [5.74, 6) is 0. The maximum Gasteiger partial charge on any atom is 0.0468 e. The predicted molar refractivity (Wildman–Crippen MR) is 213 cm³/mol. The first kappa shape index (κ1) is 29.9. The van der Waals surface area contributed by atoms with E-state index in [0.717, 1.165) is 17.1 Å². The molecule has 0 unspecified atom stereocenters. The summed E-state index contributed by atoms with van der Waals surface area (Å²) in [4.78, 5) is 2.39. The van der Waals surface area contributed by atoms with Gasteiger partial charge in [-0.1, -0.05) is 153 Å². The van der Waals surface area contributed by atoms with E-state index < -0.39 is 0 Å². The quantitative estimate of drug-likeness (QED) is 0.175. The van der Waals surface area contributed by atoms with Gasteiger partial charge in [-0.15, -0.1) is 0 Å². The molecular weight excluding hydrogens is 603 g/mol. The first-order valence-corrected chi connectivity index (χ1v) is 17.4. The van der Waals surface area contributed by atoms with Gasteiger partial charge in [0, 0.05) is 22.5 Å². The summed E-state index contributed by atoms with van der Waals surface area (Å²) in [7, 11) is 0. The van der Waals surface area contributed by atoms with Crippen LogP contribution >= 0.6 is 0 Å². The van der Waals surface area contributed by atoms with Gasteiger partial charge in [-0.25, -0.2) is 0 Å². The van der Waals surface area contributed by atoms with Crippen LogP contribution in [0.25, 0.3) is 55.3 Å². The van der Waals surface area contributed by atoms with Gasteiger partial charge in [0.15, 0.2) is 0 Å². The van der Waals surface area contributed by atoms with E-state index in [1.54, 1.807) is 0 Å². The van der Waals surface area contributed by atoms with Crippen LogP contribution in [0.15, 0.2) is 188 Å². The highest BCUT2D eigenvalue weighted by atomic mass is 15.1. The van der Waals surface area contributed by atoms with Gasteiger partial charge < -0.3 is 4.90 Å². The van der Waals surface area contributed by atoms with Gasteiger partial charge in [0.1, 0.15) is 0 Å². The number of hydrogen-bond acceptors (Lipinski definition) is 1. The van der Waals surface area contributed by atoms with E-state index in [1.165, 1.54) is 66.4 Å². The van der Waals surface area contributed by atoms with Gasteiger partial charge in [0.2, 0.25) is 0 Å². The van der Waals surface area contributed by atoms with Crippen LogP contribution in [0.5, 0.6) is 0 Å². The van der Waals surface area contributed by atoms with Crippen molar-refractivity contribution >= 4 is 27.8 Å². The number of anilines is 3. The molecule has 0 spiro atoms. The van der Waals surface area contributed by atoms with Gasteiger partial charge >= 0.3 is 0 Å². The zero-order valence-electron chi connectivity index (χ0n) is 28.3. The van der Waals surface area contributed by atoms with Crippen LogP contribution in [-0.2, 0) is 5.41 Å². The third-order valence-corrected chi connectivity index (χ3v) is 10.5. The summed E-state index contributed by atoms with van der Waals surface area (Å²) in [6, 6.07) is 68.6. The molecule has 50 heavy (non-hydrogen) atoms. The highest BCUT2D eigenvalue weighted by Gasteiger charge is 2.35. The molecule has 0 N–H and O–H groups in total. The van der Waals surface area contributed by atoms with Crippen molar-refractivity contribution in [2.24, 2.45) is 0 Å². The van der Waals surface area contributed by atoms with E-state index >= 15 is 0 Å². The minimum atomic E-state index is -0.0350. The largest absolute Gasteiger partial charge is 0.310 e. The highest BCUT2D eigenvalue weighted by Crippen LogP contribution is 2.50. The molecule has 0 amide bonds. The smallest absolute Gasteiger partial charge is 0.0468 e. The molecule has 0 aliphatic heterocycles. The predicted octanol–water partition coefficient (Wildman–Crippen LogP) is 13.6. The van der Waals surface area contributed by atoms with Crippen LogP contribution in [-0.4, -0.2) is 0 Å². The second-order valence-corrected chi connectivity index (χ2v) is 13.8. The van der Waals surface area contributed by atoms with Crippen molar-refractivity contribution in [3.05, 3.63) is 199 Å². The summed E-state index contributed by atoms with van der Waals surface area (Å²) in [5, 5.41) is 2.51. The lowest BCUT2D eigenvalue weighted by Gasteiger charge is -2.27. The molecule has 0 heterocycles. The summed E-state index contributed by atoms with van der Waals surface area (Å²) in [6.45, 7) is 4.68. The van der Waals surface area contributed by atoms with Crippen LogP contribution in [0.1, 0.15) is 25.0 Å². The van der Waals surface area contributed by atoms with Crippen molar-refractivity contribution in [1.82, 2.24) is 0 Å². The maximum atomic E-state index is 2.39. The molecule has 0 atom stereocenters. The average molecular weight is 640 g/mol. The monoisotopic (exact) mass is 639 g/mol. The second kappa shape index (κ2) is 12.1. The lowest BCUT2D eigenvalue weighted by molar-refractivity contribution is 0.660. The zero-order chi connectivity index (χ0) is 33.7. The third kappa shape index (κ3) is 5.11. The Labute approximate surface area is 294 Å². The Kier molecular flexibility index (Phi) is 7.21. The summed E-state index contributed by atoms with van der Waals surface area (Å²) >= 11 is 0. The van der Waals surface area contributed by atoms with Crippen LogP contribution in [0.3, 0.4) is 0 Å². The van der Waals surface area contributed by atoms with Crippen molar-refractivity contribution in [3.63, 3.8) is 0 Å². The zero-order valence-corrected chi connectivity index (χ0v) is 28.3. The second-order valence-electron chi connectivity index (χ2n) is 13.8. The van der Waals surface area contributed by atoms with Crippen LogP contribution in [0, 0.1) is 0 Å². The molecule has 0 radical (unpaired) electrons. The van der Waals surface area contributed by atoms with Gasteiger partial charge in [-0.05, 0) is 115 Å². The molecule has 0 saturated heterocycles. The molecule has 9 rings (SSSR count). The Hall–Kier alpha value is -6.18. The molecule has 1 heteroatoms. The van der Waals surface area contributed by atoms with Crippen molar-refractivity contribution in [2.75, 3.05) is 4.90 Å². The number of fused-ring (bicyclic) bond motifs is 4. The fourth-order valence-electron chi connectivity index (χ4n) is 7.86. The van der Waals surface area contributed by atoms with Crippen LogP contribution in [0.2, 0.25) is 0 Å². The van der Waals surface area contributed by atoms with Crippen molar-refractivity contribution in [2.45, 2.75) is 19.3 Å². The number of rotatable bonds is 6. The highest BCUT2D eigenvalue weighted by molar-refractivity contribution is 6.00. The molecule has 0 bridgehead atoms. The molecule has 0 aromatic heterocycles. The standard InChI is InChI=1S/C49H37N/c1-49(2)47-20-12-11-19-44(47)46-33-42(29-30-48(46)49)50(40-25-21-35(22-26-40)34-13-5-3-6-14-34)41-27-23-36(24-28-41)39-31-38-17-9-10-18-43(38)45(32-39)37-15-7-4-8-16-37/h3-33H,1-2H3. The summed E-state index contributed by atoms with van der Waals surface area (Å²) in [6.07, 6.45) is 0. The Morgan fingerprint density at radius 3 is 1.56 bits per heavy atom. The fraction of sp³-hybridized carbons (Fsp3) is 0.0612. The summed E-state index contributed by atoms with van der Waals surface area (Å²) in [5.41, 5.74) is 16.1. The maximum absolute atomic E-state index is 2.39. The van der Waals surface area contributed by atoms with E-state index in [-0.39, 0.29) is 5.41 Å². The third-order valence-electron chi connectivity index (χ3n) is 10.5. The van der Waals surface area contributed by atoms with E-state index in [4.69, 9.17) is 0 Å². The lowest BCUT2D eigenvalue weighted by Crippen LogP contribution is -2.15. The lowest BCUT2D eigenvalue weighted by atomic mass is 9.82. The first-order chi connectivity index (χ1) is 24.5. The van der Waals surface area contributed by atoms with Crippen molar-refractivity contribution < 1.29 is 0 Å². The number of nitrogens with zero attached hydrogens (tertiary/aromatic N) is 1. The number of benzene rings is 8. The van der Waals surface area contributed by atoms with Crippen molar-refractivity contribution in [3.8, 4) is 44.5 Å². The minimum Gasteiger partial charge on any atom is -0.310 e. The molecule has 0 fully saturated rings. The van der Waals surface area contributed by atoms with Crippen LogP contribution in [0.4, 0.5) is 17.1 Å². The Morgan fingerprint density at radius 2 is 0.860 bits per heavy atom. The van der Waals surface area contributed by atoms with Gasteiger partial charge in [-0.3, -0.25) is 0 Å². The molecule has 1 aliphatic rings. The molecule has 8 aromatic rings. The molecule has 1 aliphatic carbocycles. The first-order valence-electron chi connectivity index (χ1n) is 17.4. The van der Waals surface area contributed by atoms with Gasteiger partial charge in [0.25, 0.3) is 0 Å². The number of hydrogen-bond donors (Lipinski definition) is 0. The average Bonchev–Trinajstić information content (AvgIpc) is 3.41. The topological polar surface area (TPSA) is 3.24 Å². The van der Waals surface area contributed by atoms with Gasteiger partial charge in [0.05, 0.1) is 0 Å². The molecule has 1 nitrogen and oxygen atoms in total. The van der Waals surface area contributed by atoms with Crippen molar-refractivity contribution in [1.29, 1.82) is 0 Å². The normalized spacial score (nSPS) is 12.8. The van der Waals surface area contributed by atoms with E-state index in [0.29, 0.717) is 0 Å². The molecule has 238 valence electrons. The minimum absolute atomic E-state index is 0.0350. The molecular formula is C49H37N. The summed E-state index contributed by atoms with van der Waals surface area (Å²) < 4.78 is 0. The Morgan fingerprint density at radius 1 is 0.340 bits per heavy atom. The fourth-order valence-corrected chi connectivity index (χ4v) is 7.86. The van der Waals surface area contributed by atoms with E-state index in [2.05, 4.69) is 207 Å². The molecule has 0 saturated carbocycles. The van der Waals surface area contributed by atoms with Crippen LogP contribution < -0.4 is 4.90 Å². The Balaban J connectivity index is 1.16. The van der Waals surface area contributed by atoms with E-state index in [1.807, 2.05) is 0 Å². The molecule has 8 aromatic carbocycles. The van der Waals surface area contributed by atoms with E-state index in [9.17, 15) is 0 Å². The van der Waals surface area contributed by atoms with Gasteiger partial charge in [-0.2, -0.15) is 0 Å². The SMILES string of the molecule is CC1(C)c2ccccc2-c2cc(N(c3ccc(-c4ccccc4)cc3)c3ccc(-c4cc(-c5ccccc5)c5ccccc5c4)cc3)ccc21. The Bertz CT molecular complexity index is 2470.